The predicted octanol–water partition coefficient (Wildman–Crippen LogP) is 2.80. The molecule has 3 nitrogen and oxygen atoms in total. The summed E-state index contributed by atoms with van der Waals surface area (Å²) in [7, 11) is 0. The van der Waals surface area contributed by atoms with E-state index < -0.39 is 0 Å². The molecule has 4 rings (SSSR count). The van der Waals surface area contributed by atoms with Gasteiger partial charge in [0, 0.05) is 25.0 Å². The number of hydrogen-bond donors (Lipinski definition) is 0. The van der Waals surface area contributed by atoms with Gasteiger partial charge in [-0.05, 0) is 29.9 Å². The number of hydrogen-bond acceptors (Lipinski definition) is 4. The number of rotatable bonds is 2. The molecule has 18 heavy (non-hydrogen) atoms. The second-order valence-corrected chi connectivity index (χ2v) is 5.98. The van der Waals surface area contributed by atoms with E-state index in [-0.39, 0.29) is 0 Å². The van der Waals surface area contributed by atoms with Crippen molar-refractivity contribution in [3.05, 3.63) is 46.5 Å². The first-order valence-corrected chi connectivity index (χ1v) is 7.30. The van der Waals surface area contributed by atoms with Crippen molar-refractivity contribution < 1.29 is 0 Å². The van der Waals surface area contributed by atoms with Crippen LogP contribution in [0, 0.1) is 0 Å². The Balaban J connectivity index is 1.64. The van der Waals surface area contributed by atoms with Crippen molar-refractivity contribution in [2.24, 2.45) is 0 Å². The van der Waals surface area contributed by atoms with Gasteiger partial charge in [-0.2, -0.15) is 0 Å². The summed E-state index contributed by atoms with van der Waals surface area (Å²) in [4.78, 5) is 4.07. The van der Waals surface area contributed by atoms with E-state index in [9.17, 15) is 0 Å². The summed E-state index contributed by atoms with van der Waals surface area (Å²) in [5.74, 6) is 0. The van der Waals surface area contributed by atoms with Crippen molar-refractivity contribution in [3.8, 4) is 0 Å². The highest BCUT2D eigenvalue weighted by Gasteiger charge is 2.41. The average Bonchev–Trinajstić information content (AvgIpc) is 2.97. The van der Waals surface area contributed by atoms with Gasteiger partial charge in [-0.15, -0.1) is 5.10 Å². The third-order valence-corrected chi connectivity index (χ3v) is 5.04. The minimum absolute atomic E-state index is 0.568. The van der Waals surface area contributed by atoms with Gasteiger partial charge in [-0.1, -0.05) is 34.8 Å². The lowest BCUT2D eigenvalue weighted by Crippen LogP contribution is -2.36. The standard InChI is InChI=1S/C14H15N3S/c1-2-4-10(5-3-1)9-17-11-6-7-13(17)14-12(8-11)15-16-18-14/h1-5,11,13H,6-9H2. The topological polar surface area (TPSA) is 29.0 Å². The molecule has 0 saturated carbocycles. The van der Waals surface area contributed by atoms with E-state index in [4.69, 9.17) is 0 Å². The van der Waals surface area contributed by atoms with Gasteiger partial charge < -0.3 is 0 Å². The molecule has 4 heteroatoms. The molecule has 1 fully saturated rings. The fourth-order valence-corrected chi connectivity index (χ4v) is 4.14. The van der Waals surface area contributed by atoms with Crippen molar-refractivity contribution in [1.29, 1.82) is 0 Å². The van der Waals surface area contributed by atoms with Crippen molar-refractivity contribution in [2.45, 2.75) is 37.9 Å². The summed E-state index contributed by atoms with van der Waals surface area (Å²) in [6, 6.07) is 12.0. The summed E-state index contributed by atoms with van der Waals surface area (Å²) >= 11 is 1.60. The summed E-state index contributed by atoms with van der Waals surface area (Å²) in [5.41, 5.74) is 2.67. The van der Waals surface area contributed by atoms with Crippen LogP contribution < -0.4 is 0 Å². The highest BCUT2D eigenvalue weighted by Crippen LogP contribution is 2.45. The Morgan fingerprint density at radius 1 is 1.22 bits per heavy atom. The molecule has 1 aromatic carbocycles. The molecule has 2 aromatic rings. The van der Waals surface area contributed by atoms with Crippen LogP contribution in [0.5, 0.6) is 0 Å². The fourth-order valence-electron chi connectivity index (χ4n) is 3.30. The first-order chi connectivity index (χ1) is 8.92. The monoisotopic (exact) mass is 257 g/mol. The van der Waals surface area contributed by atoms with Crippen molar-refractivity contribution in [3.63, 3.8) is 0 Å². The zero-order valence-corrected chi connectivity index (χ0v) is 10.9. The van der Waals surface area contributed by atoms with Crippen LogP contribution >= 0.6 is 11.5 Å². The zero-order valence-electron chi connectivity index (χ0n) is 10.1. The van der Waals surface area contributed by atoms with Gasteiger partial charge in [0.2, 0.25) is 0 Å². The van der Waals surface area contributed by atoms with Gasteiger partial charge in [0.25, 0.3) is 0 Å². The largest absolute Gasteiger partial charge is 0.288 e. The lowest BCUT2D eigenvalue weighted by atomic mass is 10.0. The van der Waals surface area contributed by atoms with Crippen LogP contribution in [0.1, 0.15) is 35.0 Å². The summed E-state index contributed by atoms with van der Waals surface area (Å²) in [6.07, 6.45) is 3.67. The molecule has 0 aliphatic carbocycles. The van der Waals surface area contributed by atoms with Crippen LogP contribution in [0.25, 0.3) is 0 Å². The van der Waals surface area contributed by atoms with E-state index in [0.717, 1.165) is 13.0 Å². The van der Waals surface area contributed by atoms with Crippen LogP contribution in [0.4, 0.5) is 0 Å². The third-order valence-electron chi connectivity index (χ3n) is 4.17. The lowest BCUT2D eigenvalue weighted by Gasteiger charge is -2.33. The molecule has 2 aliphatic rings. The first-order valence-electron chi connectivity index (χ1n) is 6.52. The molecule has 2 atom stereocenters. The molecule has 1 saturated heterocycles. The number of benzene rings is 1. The Labute approximate surface area is 111 Å². The third kappa shape index (κ3) is 1.60. The van der Waals surface area contributed by atoms with Gasteiger partial charge in [-0.3, -0.25) is 4.90 Å². The predicted molar refractivity (Wildman–Crippen MR) is 71.4 cm³/mol. The SMILES string of the molecule is c1ccc(CN2C3CCC2c2snnc2C3)cc1. The van der Waals surface area contributed by atoms with Crippen LogP contribution in [0.2, 0.25) is 0 Å². The van der Waals surface area contributed by atoms with E-state index >= 15 is 0 Å². The fraction of sp³-hybridized carbons (Fsp3) is 0.429. The van der Waals surface area contributed by atoms with E-state index in [1.165, 1.54) is 29.0 Å². The normalized spacial score (nSPS) is 26.2. The number of aromatic nitrogens is 2. The zero-order chi connectivity index (χ0) is 11.9. The van der Waals surface area contributed by atoms with Crippen LogP contribution in [0.3, 0.4) is 0 Å². The molecule has 0 spiro atoms. The Hall–Kier alpha value is -1.26. The average molecular weight is 257 g/mol. The summed E-state index contributed by atoms with van der Waals surface area (Å²) < 4.78 is 4.13. The maximum Gasteiger partial charge on any atom is 0.0819 e. The maximum absolute atomic E-state index is 4.28. The highest BCUT2D eigenvalue weighted by atomic mass is 32.1. The van der Waals surface area contributed by atoms with Crippen molar-refractivity contribution >= 4 is 11.5 Å². The quantitative estimate of drug-likeness (QED) is 0.828. The molecule has 3 heterocycles. The summed E-state index contributed by atoms with van der Waals surface area (Å²) in [6.45, 7) is 1.06. The molecule has 2 aliphatic heterocycles. The Morgan fingerprint density at radius 2 is 2.11 bits per heavy atom. The highest BCUT2D eigenvalue weighted by molar-refractivity contribution is 7.05. The molecular formula is C14H15N3S. The van der Waals surface area contributed by atoms with Gasteiger partial charge >= 0.3 is 0 Å². The first kappa shape index (κ1) is 10.6. The second-order valence-electron chi connectivity index (χ2n) is 5.19. The molecule has 0 N–H and O–H groups in total. The lowest BCUT2D eigenvalue weighted by molar-refractivity contribution is 0.170. The minimum Gasteiger partial charge on any atom is -0.288 e. The molecule has 2 bridgehead atoms. The van der Waals surface area contributed by atoms with Crippen LogP contribution in [0.15, 0.2) is 30.3 Å². The van der Waals surface area contributed by atoms with Crippen molar-refractivity contribution in [1.82, 2.24) is 14.5 Å². The van der Waals surface area contributed by atoms with Gasteiger partial charge in [-0.25, -0.2) is 0 Å². The molecule has 0 amide bonds. The van der Waals surface area contributed by atoms with Crippen LogP contribution in [-0.2, 0) is 13.0 Å². The number of fused-ring (bicyclic) bond motifs is 4. The van der Waals surface area contributed by atoms with E-state index in [1.54, 1.807) is 11.5 Å². The van der Waals surface area contributed by atoms with Crippen molar-refractivity contribution in [2.75, 3.05) is 0 Å². The minimum atomic E-state index is 0.568. The van der Waals surface area contributed by atoms with E-state index in [0.29, 0.717) is 12.1 Å². The number of nitrogens with zero attached hydrogens (tertiary/aromatic N) is 3. The van der Waals surface area contributed by atoms with Crippen LogP contribution in [-0.4, -0.2) is 20.5 Å². The summed E-state index contributed by atoms with van der Waals surface area (Å²) in [5, 5.41) is 4.28. The Bertz CT molecular complexity index is 551. The molecule has 1 aromatic heterocycles. The molecule has 0 radical (unpaired) electrons. The van der Waals surface area contributed by atoms with E-state index in [2.05, 4.69) is 44.8 Å². The van der Waals surface area contributed by atoms with E-state index in [1.807, 2.05) is 0 Å². The Morgan fingerprint density at radius 3 is 3.00 bits per heavy atom. The smallest absolute Gasteiger partial charge is 0.0819 e. The maximum atomic E-state index is 4.28. The van der Waals surface area contributed by atoms with Gasteiger partial charge in [0.05, 0.1) is 10.6 Å². The molecule has 92 valence electrons. The van der Waals surface area contributed by atoms with Gasteiger partial charge in [0.1, 0.15) is 0 Å². The molecular weight excluding hydrogens is 242 g/mol. The second kappa shape index (κ2) is 4.14. The van der Waals surface area contributed by atoms with Gasteiger partial charge in [0.15, 0.2) is 0 Å². The molecule has 2 unspecified atom stereocenters. The Kier molecular flexibility index (Phi) is 2.45.